The summed E-state index contributed by atoms with van der Waals surface area (Å²) in [6.45, 7) is 0.559. The molecule has 3 atom stereocenters. The zero-order valence-corrected chi connectivity index (χ0v) is 20.5. The molecule has 0 spiro atoms. The van der Waals surface area contributed by atoms with E-state index >= 15 is 0 Å². The Morgan fingerprint density at radius 3 is 2.57 bits per heavy atom. The molecule has 0 aliphatic heterocycles. The number of aliphatic hydroxyl groups is 2. The van der Waals surface area contributed by atoms with Crippen LogP contribution in [-0.2, 0) is 20.7 Å². The van der Waals surface area contributed by atoms with E-state index in [9.17, 15) is 9.59 Å². The second kappa shape index (κ2) is 16.2. The van der Waals surface area contributed by atoms with Crippen LogP contribution in [0.15, 0.2) is 16.8 Å². The molecule has 0 bridgehead atoms. The lowest BCUT2D eigenvalue weighted by atomic mass is 10.0. The fourth-order valence-electron chi connectivity index (χ4n) is 2.31. The van der Waals surface area contributed by atoms with E-state index in [2.05, 4.69) is 5.32 Å². The molecule has 1 heterocycles. The van der Waals surface area contributed by atoms with Crippen LogP contribution in [0.1, 0.15) is 18.9 Å². The predicted molar refractivity (Wildman–Crippen MR) is 128 cm³/mol. The first-order valence-electron chi connectivity index (χ1n) is 9.59. The number of hydrogen-bond acceptors (Lipinski definition) is 9. The van der Waals surface area contributed by atoms with Gasteiger partial charge in [-0.25, -0.2) is 4.79 Å². The van der Waals surface area contributed by atoms with Crippen LogP contribution in [0.25, 0.3) is 0 Å². The third-order valence-electron chi connectivity index (χ3n) is 4.13. The summed E-state index contributed by atoms with van der Waals surface area (Å²) >= 11 is 3.31. The van der Waals surface area contributed by atoms with Crippen molar-refractivity contribution in [1.29, 1.82) is 0 Å². The largest absolute Gasteiger partial charge is 0.456 e. The van der Waals surface area contributed by atoms with Crippen molar-refractivity contribution in [2.75, 3.05) is 36.7 Å². The number of esters is 1. The van der Waals surface area contributed by atoms with Crippen LogP contribution in [0.4, 0.5) is 0 Å². The molecule has 1 radical (unpaired) electrons. The highest BCUT2D eigenvalue weighted by Gasteiger charge is 2.26. The number of rotatable bonds is 16. The predicted octanol–water partition coefficient (Wildman–Crippen LogP) is 2.09. The quantitative estimate of drug-likeness (QED) is 0.181. The fourth-order valence-corrected chi connectivity index (χ4v) is 6.03. The van der Waals surface area contributed by atoms with Crippen molar-refractivity contribution in [2.24, 2.45) is 5.92 Å². The van der Waals surface area contributed by atoms with Crippen LogP contribution in [0.2, 0.25) is 0 Å². The molecule has 0 aliphatic carbocycles. The third kappa shape index (κ3) is 11.3. The van der Waals surface area contributed by atoms with Gasteiger partial charge >= 0.3 is 5.97 Å². The van der Waals surface area contributed by atoms with Crippen LogP contribution in [-0.4, -0.2) is 77.0 Å². The topological polar surface area (TPSA) is 120 Å². The molecule has 1 amide bonds. The summed E-state index contributed by atoms with van der Waals surface area (Å²) in [5.74, 6) is 0.995. The van der Waals surface area contributed by atoms with Gasteiger partial charge in [-0.05, 0) is 54.2 Å². The minimum Gasteiger partial charge on any atom is -0.456 e. The molecule has 0 fully saturated rings. The Morgan fingerprint density at radius 2 is 1.97 bits per heavy atom. The van der Waals surface area contributed by atoms with Crippen LogP contribution in [0.5, 0.6) is 0 Å². The molecular formula is C19H31N2O5S4. The summed E-state index contributed by atoms with van der Waals surface area (Å²) in [4.78, 5) is 24.9. The average Bonchev–Trinajstić information content (AvgIpc) is 3.25. The van der Waals surface area contributed by atoms with Crippen molar-refractivity contribution in [3.63, 3.8) is 0 Å². The summed E-state index contributed by atoms with van der Waals surface area (Å²) in [6.07, 6.45) is 2.47. The number of nitrogens with one attached hydrogen (secondary N) is 2. The van der Waals surface area contributed by atoms with Crippen LogP contribution in [0, 0.1) is 5.92 Å². The Labute approximate surface area is 194 Å². The number of ether oxygens (including phenoxy) is 1. The maximum absolute atomic E-state index is 12.8. The molecule has 1 aromatic heterocycles. The fraction of sp³-hybridized carbons (Fsp3) is 0.684. The maximum Gasteiger partial charge on any atom is 0.328 e. The number of amides is 1. The molecule has 171 valence electrons. The van der Waals surface area contributed by atoms with Crippen molar-refractivity contribution >= 4 is 56.6 Å². The van der Waals surface area contributed by atoms with Gasteiger partial charge in [0, 0.05) is 17.5 Å². The van der Waals surface area contributed by atoms with Crippen LogP contribution >= 0.6 is 44.7 Å². The Bertz CT molecular complexity index is 602. The van der Waals surface area contributed by atoms with E-state index in [1.807, 2.05) is 23.1 Å². The standard InChI is InChI=1S/C19H31N2O5S4/c1-13(19(25)26-17(8-22)9-23)21-18(24)15(7-14-3-6-28-10-14)11-29-30-12-16(20)4-5-27-2/h3,6,10,13,15-17,20,22-23H,4-5,7-9,11-12H2,1-2H3,(H,21,24). The zero-order valence-electron chi connectivity index (χ0n) is 17.2. The van der Waals surface area contributed by atoms with Crippen molar-refractivity contribution < 1.29 is 24.5 Å². The van der Waals surface area contributed by atoms with Crippen LogP contribution < -0.4 is 11.1 Å². The SMILES string of the molecule is CSCCC([NH])CSSCC(Cc1ccsc1)C(=O)NC(C)C(=O)OC(CO)CO. The summed E-state index contributed by atoms with van der Waals surface area (Å²) in [5.41, 5.74) is 9.09. The van der Waals surface area contributed by atoms with Crippen molar-refractivity contribution in [1.82, 2.24) is 11.1 Å². The summed E-state index contributed by atoms with van der Waals surface area (Å²) in [7, 11) is 3.18. The lowest BCUT2D eigenvalue weighted by molar-refractivity contribution is -0.156. The first-order valence-corrected chi connectivity index (χ1v) is 14.4. The Morgan fingerprint density at radius 1 is 1.27 bits per heavy atom. The highest BCUT2D eigenvalue weighted by atomic mass is 33.1. The molecule has 1 rings (SSSR count). The van der Waals surface area contributed by atoms with E-state index in [1.165, 1.54) is 6.92 Å². The molecule has 0 saturated carbocycles. The van der Waals surface area contributed by atoms with Crippen molar-refractivity contribution in [3.8, 4) is 0 Å². The highest BCUT2D eigenvalue weighted by molar-refractivity contribution is 8.76. The number of aliphatic hydroxyl groups excluding tert-OH is 2. The molecule has 11 heteroatoms. The van der Waals surface area contributed by atoms with Gasteiger partial charge in [0.2, 0.25) is 5.91 Å². The van der Waals surface area contributed by atoms with E-state index < -0.39 is 31.3 Å². The van der Waals surface area contributed by atoms with Gasteiger partial charge in [-0.2, -0.15) is 23.1 Å². The second-order valence-corrected chi connectivity index (χ2v) is 11.1. The highest BCUT2D eigenvalue weighted by Crippen LogP contribution is 2.27. The van der Waals surface area contributed by atoms with Crippen LogP contribution in [0.3, 0.4) is 0 Å². The molecule has 4 N–H and O–H groups in total. The monoisotopic (exact) mass is 495 g/mol. The number of thiophene rings is 1. The zero-order chi connectivity index (χ0) is 22.4. The number of thioether (sulfide) groups is 1. The molecule has 0 aromatic carbocycles. The van der Waals surface area contributed by atoms with Gasteiger partial charge in [0.05, 0.1) is 19.1 Å². The lowest BCUT2D eigenvalue weighted by Crippen LogP contribution is -2.45. The van der Waals surface area contributed by atoms with Gasteiger partial charge in [0.1, 0.15) is 12.1 Å². The number of carbonyl (C=O) groups excluding carboxylic acids is 2. The molecule has 0 saturated heterocycles. The Kier molecular flexibility index (Phi) is 14.9. The maximum atomic E-state index is 12.8. The number of hydrogen-bond donors (Lipinski definition) is 3. The summed E-state index contributed by atoms with van der Waals surface area (Å²) < 4.78 is 4.97. The van der Waals surface area contributed by atoms with Gasteiger partial charge in [-0.15, -0.1) is 0 Å². The van der Waals surface area contributed by atoms with Crippen molar-refractivity contribution in [2.45, 2.75) is 38.0 Å². The van der Waals surface area contributed by atoms with E-state index in [0.29, 0.717) is 17.9 Å². The third-order valence-corrected chi connectivity index (χ3v) is 8.06. The van der Waals surface area contributed by atoms with E-state index in [0.717, 1.165) is 17.7 Å². The minimum absolute atomic E-state index is 0.111. The Balaban J connectivity index is 2.57. The van der Waals surface area contributed by atoms with Gasteiger partial charge in [0.15, 0.2) is 0 Å². The molecule has 7 nitrogen and oxygen atoms in total. The van der Waals surface area contributed by atoms with E-state index in [4.69, 9.17) is 20.7 Å². The normalized spacial score (nSPS) is 14.3. The number of carbonyl (C=O) groups is 2. The van der Waals surface area contributed by atoms with Gasteiger partial charge in [-0.1, -0.05) is 21.6 Å². The molecule has 0 aliphatic rings. The summed E-state index contributed by atoms with van der Waals surface area (Å²) in [6, 6.07) is 0.986. The first kappa shape index (κ1) is 27.6. The van der Waals surface area contributed by atoms with Crippen molar-refractivity contribution in [3.05, 3.63) is 22.4 Å². The van der Waals surface area contributed by atoms with E-state index in [-0.39, 0.29) is 17.9 Å². The second-order valence-electron chi connectivity index (χ2n) is 6.73. The molecule has 3 unspecified atom stereocenters. The molecule has 1 aromatic rings. The van der Waals surface area contributed by atoms with Gasteiger partial charge < -0.3 is 20.3 Å². The first-order chi connectivity index (χ1) is 14.4. The minimum atomic E-state index is -0.991. The summed E-state index contributed by atoms with van der Waals surface area (Å²) in [5, 5.41) is 24.7. The molecule has 30 heavy (non-hydrogen) atoms. The van der Waals surface area contributed by atoms with Gasteiger partial charge in [-0.3, -0.25) is 10.5 Å². The van der Waals surface area contributed by atoms with Gasteiger partial charge in [0.25, 0.3) is 0 Å². The average molecular weight is 496 g/mol. The molecular weight excluding hydrogens is 464 g/mol. The van der Waals surface area contributed by atoms with E-state index in [1.54, 1.807) is 44.7 Å². The smallest absolute Gasteiger partial charge is 0.328 e. The Hall–Kier alpha value is -0.430. The lowest BCUT2D eigenvalue weighted by Gasteiger charge is -2.21.